The Hall–Kier alpha value is -1.36. The van der Waals surface area contributed by atoms with E-state index in [2.05, 4.69) is 5.32 Å². The zero-order chi connectivity index (χ0) is 14.6. The number of carbonyl (C=O) groups excluding carboxylic acids is 1. The van der Waals surface area contributed by atoms with Crippen LogP contribution in [0.15, 0.2) is 30.3 Å². The Labute approximate surface area is 116 Å². The first-order valence-electron chi connectivity index (χ1n) is 6.80. The summed E-state index contributed by atoms with van der Waals surface area (Å²) >= 11 is 0. The van der Waals surface area contributed by atoms with E-state index in [0.717, 1.165) is 5.56 Å². The highest BCUT2D eigenvalue weighted by molar-refractivity contribution is 5.86. The predicted molar refractivity (Wildman–Crippen MR) is 70.4 cm³/mol. The van der Waals surface area contributed by atoms with Crippen LogP contribution in [-0.2, 0) is 11.2 Å². The van der Waals surface area contributed by atoms with Crippen molar-refractivity contribution in [3.05, 3.63) is 35.9 Å². The van der Waals surface area contributed by atoms with Gasteiger partial charge in [-0.3, -0.25) is 4.79 Å². The van der Waals surface area contributed by atoms with Crippen molar-refractivity contribution in [2.75, 3.05) is 13.1 Å². The van der Waals surface area contributed by atoms with Gasteiger partial charge in [0.1, 0.15) is 11.2 Å². The molecule has 110 valence electrons. The first-order valence-corrected chi connectivity index (χ1v) is 6.80. The molecular weight excluding hydrogens is 267 g/mol. The molecule has 5 heteroatoms. The Morgan fingerprint density at radius 1 is 1.25 bits per heavy atom. The fraction of sp³-hybridized carbons (Fsp3) is 0.533. The molecule has 20 heavy (non-hydrogen) atoms. The number of aryl methyl sites for hydroxylation is 1. The number of ketones is 1. The van der Waals surface area contributed by atoms with E-state index in [4.69, 9.17) is 0 Å². The Bertz CT molecular complexity index is 450. The van der Waals surface area contributed by atoms with Gasteiger partial charge in [0.15, 0.2) is 0 Å². The van der Waals surface area contributed by atoms with Crippen molar-refractivity contribution in [3.8, 4) is 0 Å². The molecule has 1 saturated heterocycles. The molecule has 1 aliphatic rings. The summed E-state index contributed by atoms with van der Waals surface area (Å²) in [4.78, 5) is 12.0. The number of halogens is 3. The normalized spacial score (nSPS) is 22.9. The molecule has 0 saturated carbocycles. The molecule has 2 nitrogen and oxygen atoms in total. The van der Waals surface area contributed by atoms with Crippen LogP contribution in [0.4, 0.5) is 13.2 Å². The van der Waals surface area contributed by atoms with Gasteiger partial charge in [-0.25, -0.2) is 0 Å². The van der Waals surface area contributed by atoms with Crippen LogP contribution in [0.1, 0.15) is 24.8 Å². The molecule has 0 aliphatic carbocycles. The van der Waals surface area contributed by atoms with Crippen LogP contribution in [-0.4, -0.2) is 25.0 Å². The van der Waals surface area contributed by atoms with Crippen molar-refractivity contribution < 1.29 is 18.0 Å². The van der Waals surface area contributed by atoms with Gasteiger partial charge in [0.05, 0.1) is 0 Å². The molecule has 1 aromatic carbocycles. The standard InChI is InChI=1S/C15H18F3NO/c16-15(17,18)14(9-10-19-11-14)13(20)8-4-7-12-5-2-1-3-6-12/h1-3,5-6,19H,4,7-11H2. The monoisotopic (exact) mass is 285 g/mol. The van der Waals surface area contributed by atoms with Gasteiger partial charge in [0.25, 0.3) is 0 Å². The van der Waals surface area contributed by atoms with E-state index >= 15 is 0 Å². The number of Topliss-reactive ketones (excluding diaryl/α,β-unsaturated/α-hetero) is 1. The third-order valence-electron chi connectivity index (χ3n) is 3.94. The van der Waals surface area contributed by atoms with E-state index in [1.165, 1.54) is 0 Å². The second kappa shape index (κ2) is 5.95. The van der Waals surface area contributed by atoms with E-state index < -0.39 is 17.4 Å². The van der Waals surface area contributed by atoms with E-state index in [9.17, 15) is 18.0 Å². The van der Waals surface area contributed by atoms with Crippen LogP contribution < -0.4 is 5.32 Å². The van der Waals surface area contributed by atoms with Crippen LogP contribution in [0, 0.1) is 5.41 Å². The zero-order valence-electron chi connectivity index (χ0n) is 11.2. The second-order valence-corrected chi connectivity index (χ2v) is 5.27. The number of carbonyl (C=O) groups is 1. The van der Waals surface area contributed by atoms with Gasteiger partial charge < -0.3 is 5.32 Å². The SMILES string of the molecule is O=C(CCCc1ccccc1)C1(C(F)(F)F)CCNC1. The van der Waals surface area contributed by atoms with E-state index in [-0.39, 0.29) is 25.9 Å². The molecule has 1 aromatic rings. The summed E-state index contributed by atoms with van der Waals surface area (Å²) in [5.74, 6) is -0.675. The lowest BCUT2D eigenvalue weighted by molar-refractivity contribution is -0.214. The van der Waals surface area contributed by atoms with Crippen LogP contribution in [0.5, 0.6) is 0 Å². The minimum Gasteiger partial charge on any atom is -0.315 e. The summed E-state index contributed by atoms with van der Waals surface area (Å²) in [6.07, 6.45) is -3.52. The second-order valence-electron chi connectivity index (χ2n) is 5.27. The lowest BCUT2D eigenvalue weighted by atomic mass is 9.79. The molecule has 1 atom stereocenters. The van der Waals surface area contributed by atoms with Crippen LogP contribution in [0.2, 0.25) is 0 Å². The summed E-state index contributed by atoms with van der Waals surface area (Å²) in [6, 6.07) is 9.49. The Morgan fingerprint density at radius 2 is 1.95 bits per heavy atom. The maximum Gasteiger partial charge on any atom is 0.402 e. The number of hydrogen-bond acceptors (Lipinski definition) is 2. The number of rotatable bonds is 5. The largest absolute Gasteiger partial charge is 0.402 e. The van der Waals surface area contributed by atoms with Gasteiger partial charge in [0, 0.05) is 13.0 Å². The first kappa shape index (κ1) is 15.0. The molecule has 2 rings (SSSR count). The van der Waals surface area contributed by atoms with Crippen molar-refractivity contribution in [1.29, 1.82) is 0 Å². The summed E-state index contributed by atoms with van der Waals surface area (Å²) in [5, 5.41) is 2.67. The van der Waals surface area contributed by atoms with Crippen molar-refractivity contribution in [2.45, 2.75) is 31.9 Å². The molecule has 1 N–H and O–H groups in total. The minimum absolute atomic E-state index is 0.0178. The van der Waals surface area contributed by atoms with Crippen molar-refractivity contribution in [3.63, 3.8) is 0 Å². The van der Waals surface area contributed by atoms with Gasteiger partial charge in [-0.2, -0.15) is 13.2 Å². The Kier molecular flexibility index (Phi) is 4.48. The number of hydrogen-bond donors (Lipinski definition) is 1. The fourth-order valence-corrected chi connectivity index (χ4v) is 2.67. The van der Waals surface area contributed by atoms with Gasteiger partial charge in [-0.1, -0.05) is 30.3 Å². The molecule has 0 spiro atoms. The van der Waals surface area contributed by atoms with E-state index in [0.29, 0.717) is 12.8 Å². The number of nitrogens with one attached hydrogen (secondary N) is 1. The van der Waals surface area contributed by atoms with Crippen molar-refractivity contribution in [1.82, 2.24) is 5.32 Å². The van der Waals surface area contributed by atoms with Gasteiger partial charge in [0.2, 0.25) is 0 Å². The van der Waals surface area contributed by atoms with Crippen molar-refractivity contribution >= 4 is 5.78 Å². The molecule has 0 radical (unpaired) electrons. The van der Waals surface area contributed by atoms with Gasteiger partial charge in [-0.15, -0.1) is 0 Å². The molecule has 0 bridgehead atoms. The van der Waals surface area contributed by atoms with Gasteiger partial charge in [-0.05, 0) is 31.4 Å². The highest BCUT2D eigenvalue weighted by atomic mass is 19.4. The topological polar surface area (TPSA) is 29.1 Å². The van der Waals surface area contributed by atoms with E-state index in [1.54, 1.807) is 0 Å². The molecule has 0 aromatic heterocycles. The maximum absolute atomic E-state index is 13.2. The van der Waals surface area contributed by atoms with Crippen molar-refractivity contribution in [2.24, 2.45) is 5.41 Å². The van der Waals surface area contributed by atoms with Gasteiger partial charge >= 0.3 is 6.18 Å². The lowest BCUT2D eigenvalue weighted by Gasteiger charge is -2.29. The first-order chi connectivity index (χ1) is 9.46. The Balaban J connectivity index is 1.93. The average molecular weight is 285 g/mol. The molecular formula is C15H18F3NO. The third kappa shape index (κ3) is 3.03. The highest BCUT2D eigenvalue weighted by Crippen LogP contribution is 2.44. The third-order valence-corrected chi connectivity index (χ3v) is 3.94. The minimum atomic E-state index is -4.46. The zero-order valence-corrected chi connectivity index (χ0v) is 11.2. The summed E-state index contributed by atoms with van der Waals surface area (Å²) < 4.78 is 39.5. The van der Waals surface area contributed by atoms with E-state index in [1.807, 2.05) is 30.3 Å². The van der Waals surface area contributed by atoms with Crippen LogP contribution in [0.3, 0.4) is 0 Å². The number of benzene rings is 1. The number of alkyl halides is 3. The quantitative estimate of drug-likeness (QED) is 0.900. The molecule has 1 fully saturated rings. The Morgan fingerprint density at radius 3 is 2.50 bits per heavy atom. The molecule has 1 unspecified atom stereocenters. The molecule has 0 amide bonds. The lowest BCUT2D eigenvalue weighted by Crippen LogP contribution is -2.46. The highest BCUT2D eigenvalue weighted by Gasteiger charge is 2.60. The summed E-state index contributed by atoms with van der Waals surface area (Å²) in [6.45, 7) is -0.0232. The van der Waals surface area contributed by atoms with Crippen LogP contribution in [0.25, 0.3) is 0 Å². The van der Waals surface area contributed by atoms with Crippen LogP contribution >= 0.6 is 0 Å². The molecule has 1 aliphatic heterocycles. The smallest absolute Gasteiger partial charge is 0.315 e. The average Bonchev–Trinajstić information content (AvgIpc) is 2.90. The fourth-order valence-electron chi connectivity index (χ4n) is 2.67. The summed E-state index contributed by atoms with van der Waals surface area (Å²) in [5.41, 5.74) is -1.12. The predicted octanol–water partition coefficient (Wildman–Crippen LogP) is 3.12. The maximum atomic E-state index is 13.2. The molecule has 1 heterocycles. The summed E-state index contributed by atoms with van der Waals surface area (Å²) in [7, 11) is 0.